The molecule has 0 atom stereocenters. The molecule has 0 fully saturated rings. The first kappa shape index (κ1) is 14.2. The zero-order valence-electron chi connectivity index (χ0n) is 10.6. The Morgan fingerprint density at radius 1 is 1.11 bits per heavy atom. The van der Waals surface area contributed by atoms with Crippen LogP contribution in [0.5, 0.6) is 0 Å². The minimum Gasteiger partial charge on any atom is -0.381 e. The molecule has 0 aliphatic carbocycles. The van der Waals surface area contributed by atoms with Crippen molar-refractivity contribution in [3.05, 3.63) is 63.6 Å². The van der Waals surface area contributed by atoms with E-state index in [9.17, 15) is 0 Å². The van der Waals surface area contributed by atoms with Crippen LogP contribution in [0.25, 0.3) is 0 Å². The molecule has 2 nitrogen and oxygen atoms in total. The lowest BCUT2D eigenvalue weighted by Crippen LogP contribution is -2.00. The molecule has 2 rings (SSSR count). The molecule has 0 amide bonds. The van der Waals surface area contributed by atoms with Crippen LogP contribution in [0.1, 0.15) is 11.1 Å². The highest BCUT2D eigenvalue weighted by molar-refractivity contribution is 6.35. The van der Waals surface area contributed by atoms with E-state index in [0.29, 0.717) is 23.2 Å². The highest BCUT2D eigenvalue weighted by Crippen LogP contribution is 2.22. The van der Waals surface area contributed by atoms with Gasteiger partial charge in [-0.1, -0.05) is 41.4 Å². The summed E-state index contributed by atoms with van der Waals surface area (Å²) in [6.07, 6.45) is 0. The molecule has 19 heavy (non-hydrogen) atoms. The molecule has 100 valence electrons. The fourth-order valence-electron chi connectivity index (χ4n) is 1.80. The van der Waals surface area contributed by atoms with Crippen molar-refractivity contribution in [1.29, 1.82) is 0 Å². The zero-order valence-corrected chi connectivity index (χ0v) is 12.1. The molecule has 0 saturated heterocycles. The summed E-state index contributed by atoms with van der Waals surface area (Å²) in [4.78, 5) is 0. The molecular weight excluding hydrogens is 281 g/mol. The molecule has 4 heteroatoms. The number of nitrogens with one attached hydrogen (secondary N) is 1. The summed E-state index contributed by atoms with van der Waals surface area (Å²) < 4.78 is 5.11. The third kappa shape index (κ3) is 4.13. The van der Waals surface area contributed by atoms with Crippen molar-refractivity contribution in [1.82, 2.24) is 0 Å². The van der Waals surface area contributed by atoms with E-state index in [1.807, 2.05) is 30.3 Å². The molecule has 1 N–H and O–H groups in total. The van der Waals surface area contributed by atoms with Gasteiger partial charge in [-0.3, -0.25) is 0 Å². The van der Waals surface area contributed by atoms with Crippen LogP contribution in [0, 0.1) is 0 Å². The number of anilines is 1. The van der Waals surface area contributed by atoms with Crippen molar-refractivity contribution in [2.45, 2.75) is 13.2 Å². The maximum atomic E-state index is 6.13. The van der Waals surface area contributed by atoms with E-state index in [-0.39, 0.29) is 0 Å². The number of halogens is 2. The van der Waals surface area contributed by atoms with Gasteiger partial charge in [0.1, 0.15) is 0 Å². The van der Waals surface area contributed by atoms with Crippen LogP contribution in [-0.2, 0) is 17.9 Å². The van der Waals surface area contributed by atoms with Crippen molar-refractivity contribution >= 4 is 28.9 Å². The maximum absolute atomic E-state index is 6.13. The Hall–Kier alpha value is -1.22. The standard InChI is InChI=1S/C15H15Cl2NO/c1-19-10-11-3-2-4-14(7-11)18-9-12-5-6-13(16)8-15(12)17/h2-8,18H,9-10H2,1H3. The number of rotatable bonds is 5. The molecule has 2 aromatic rings. The Bertz CT molecular complexity index is 558. The Balaban J connectivity index is 2.03. The Morgan fingerprint density at radius 3 is 2.68 bits per heavy atom. The summed E-state index contributed by atoms with van der Waals surface area (Å²) in [5.41, 5.74) is 3.19. The van der Waals surface area contributed by atoms with E-state index in [4.69, 9.17) is 27.9 Å². The third-order valence-corrected chi connectivity index (χ3v) is 3.32. The Labute approximate surface area is 123 Å². The van der Waals surface area contributed by atoms with Gasteiger partial charge in [0.25, 0.3) is 0 Å². The minimum absolute atomic E-state index is 0.608. The second-order valence-electron chi connectivity index (χ2n) is 4.22. The van der Waals surface area contributed by atoms with Gasteiger partial charge in [-0.15, -0.1) is 0 Å². The van der Waals surface area contributed by atoms with E-state index in [2.05, 4.69) is 11.4 Å². The van der Waals surface area contributed by atoms with E-state index >= 15 is 0 Å². The molecule has 0 heterocycles. The van der Waals surface area contributed by atoms with Crippen molar-refractivity contribution in [2.75, 3.05) is 12.4 Å². The monoisotopic (exact) mass is 295 g/mol. The third-order valence-electron chi connectivity index (χ3n) is 2.74. The first-order valence-electron chi connectivity index (χ1n) is 5.94. The fraction of sp³-hybridized carbons (Fsp3) is 0.200. The fourth-order valence-corrected chi connectivity index (χ4v) is 2.28. The van der Waals surface area contributed by atoms with Gasteiger partial charge >= 0.3 is 0 Å². The Morgan fingerprint density at radius 2 is 1.95 bits per heavy atom. The lowest BCUT2D eigenvalue weighted by atomic mass is 10.2. The number of ether oxygens (including phenoxy) is 1. The smallest absolute Gasteiger partial charge is 0.0713 e. The number of hydrogen-bond donors (Lipinski definition) is 1. The minimum atomic E-state index is 0.608. The lowest BCUT2D eigenvalue weighted by molar-refractivity contribution is 0.185. The SMILES string of the molecule is COCc1cccc(NCc2ccc(Cl)cc2Cl)c1. The van der Waals surface area contributed by atoms with Gasteiger partial charge in [0.15, 0.2) is 0 Å². The highest BCUT2D eigenvalue weighted by Gasteiger charge is 2.01. The van der Waals surface area contributed by atoms with Crippen molar-refractivity contribution in [3.8, 4) is 0 Å². The summed E-state index contributed by atoms with van der Waals surface area (Å²) in [7, 11) is 1.69. The molecule has 0 bridgehead atoms. The second-order valence-corrected chi connectivity index (χ2v) is 5.07. The summed E-state index contributed by atoms with van der Waals surface area (Å²) in [5.74, 6) is 0. The lowest BCUT2D eigenvalue weighted by Gasteiger charge is -2.09. The highest BCUT2D eigenvalue weighted by atomic mass is 35.5. The zero-order chi connectivity index (χ0) is 13.7. The van der Waals surface area contributed by atoms with Gasteiger partial charge < -0.3 is 10.1 Å². The molecule has 0 radical (unpaired) electrons. The van der Waals surface area contributed by atoms with Gasteiger partial charge in [-0.05, 0) is 35.4 Å². The van der Waals surface area contributed by atoms with E-state index in [1.165, 1.54) is 0 Å². The predicted molar refractivity (Wildman–Crippen MR) is 80.9 cm³/mol. The van der Waals surface area contributed by atoms with E-state index in [0.717, 1.165) is 16.8 Å². The first-order valence-corrected chi connectivity index (χ1v) is 6.70. The number of benzene rings is 2. The van der Waals surface area contributed by atoms with Crippen LogP contribution >= 0.6 is 23.2 Å². The summed E-state index contributed by atoms with van der Waals surface area (Å²) in [6, 6.07) is 13.6. The van der Waals surface area contributed by atoms with Crippen LogP contribution in [0.4, 0.5) is 5.69 Å². The van der Waals surface area contributed by atoms with Crippen LogP contribution in [0.3, 0.4) is 0 Å². The van der Waals surface area contributed by atoms with Gasteiger partial charge in [0.05, 0.1) is 6.61 Å². The molecule has 0 spiro atoms. The molecular formula is C15H15Cl2NO. The van der Waals surface area contributed by atoms with E-state index < -0.39 is 0 Å². The maximum Gasteiger partial charge on any atom is 0.0713 e. The summed E-state index contributed by atoms with van der Waals surface area (Å²) in [6.45, 7) is 1.27. The second kappa shape index (κ2) is 6.80. The van der Waals surface area contributed by atoms with Crippen LogP contribution < -0.4 is 5.32 Å². The Kier molecular flexibility index (Phi) is 5.08. The van der Waals surface area contributed by atoms with Gasteiger partial charge in [0, 0.05) is 29.4 Å². The van der Waals surface area contributed by atoms with Gasteiger partial charge in [0.2, 0.25) is 0 Å². The van der Waals surface area contributed by atoms with E-state index in [1.54, 1.807) is 13.2 Å². The van der Waals surface area contributed by atoms with Gasteiger partial charge in [-0.25, -0.2) is 0 Å². The average Bonchev–Trinajstić information content (AvgIpc) is 2.38. The molecule has 0 unspecified atom stereocenters. The van der Waals surface area contributed by atoms with Gasteiger partial charge in [-0.2, -0.15) is 0 Å². The molecule has 2 aromatic carbocycles. The molecule has 0 aliphatic rings. The van der Waals surface area contributed by atoms with Crippen LogP contribution in [0.2, 0.25) is 10.0 Å². The first-order chi connectivity index (χ1) is 9.19. The van der Waals surface area contributed by atoms with Crippen molar-refractivity contribution in [3.63, 3.8) is 0 Å². The quantitative estimate of drug-likeness (QED) is 0.859. The topological polar surface area (TPSA) is 21.3 Å². The largest absolute Gasteiger partial charge is 0.381 e. The van der Waals surface area contributed by atoms with Crippen molar-refractivity contribution in [2.24, 2.45) is 0 Å². The van der Waals surface area contributed by atoms with Crippen LogP contribution in [0.15, 0.2) is 42.5 Å². The number of methoxy groups -OCH3 is 1. The average molecular weight is 296 g/mol. The molecule has 0 aromatic heterocycles. The predicted octanol–water partition coefficient (Wildman–Crippen LogP) is 4.75. The van der Waals surface area contributed by atoms with Crippen LogP contribution in [-0.4, -0.2) is 7.11 Å². The normalized spacial score (nSPS) is 10.5. The molecule has 0 aliphatic heterocycles. The molecule has 0 saturated carbocycles. The van der Waals surface area contributed by atoms with Crippen molar-refractivity contribution < 1.29 is 4.74 Å². The summed E-state index contributed by atoms with van der Waals surface area (Å²) in [5, 5.41) is 4.66. The number of hydrogen-bond acceptors (Lipinski definition) is 2. The summed E-state index contributed by atoms with van der Waals surface area (Å²) >= 11 is 12.0.